The molecule has 0 aliphatic heterocycles. The highest BCUT2D eigenvalue weighted by Gasteiger charge is 2.19. The van der Waals surface area contributed by atoms with E-state index >= 15 is 0 Å². The van der Waals surface area contributed by atoms with Crippen molar-refractivity contribution in [1.29, 1.82) is 0 Å². The smallest absolute Gasteiger partial charge is 0.254 e. The highest BCUT2D eigenvalue weighted by Crippen LogP contribution is 2.42. The fourth-order valence-corrected chi connectivity index (χ4v) is 2.35. The number of H-pyrrole nitrogens is 1. The van der Waals surface area contributed by atoms with Gasteiger partial charge in [-0.3, -0.25) is 4.79 Å². The fraction of sp³-hybridized carbons (Fsp3) is 0.312. The molecule has 2 N–H and O–H groups in total. The van der Waals surface area contributed by atoms with E-state index in [1.54, 1.807) is 32.4 Å². The van der Waals surface area contributed by atoms with Crippen molar-refractivity contribution in [1.82, 2.24) is 4.98 Å². The number of methoxy groups -OCH3 is 2. The molecule has 2 aromatic rings. The fourth-order valence-electron chi connectivity index (χ4n) is 2.35. The molecule has 112 valence electrons. The monoisotopic (exact) mass is 289 g/mol. The zero-order valence-electron chi connectivity index (χ0n) is 12.4. The van der Waals surface area contributed by atoms with Crippen molar-refractivity contribution in [3.63, 3.8) is 0 Å². The first-order valence-corrected chi connectivity index (χ1v) is 6.78. The summed E-state index contributed by atoms with van der Waals surface area (Å²) in [5.41, 5.74) is 1.22. The van der Waals surface area contributed by atoms with Gasteiger partial charge in [0.15, 0.2) is 0 Å². The minimum atomic E-state index is -0.271. The zero-order chi connectivity index (χ0) is 15.4. The predicted octanol–water partition coefficient (Wildman–Crippen LogP) is 2.72. The lowest BCUT2D eigenvalue weighted by molar-refractivity contribution is 0.396. The summed E-state index contributed by atoms with van der Waals surface area (Å²) in [4.78, 5) is 14.5. The van der Waals surface area contributed by atoms with E-state index in [1.165, 1.54) is 6.20 Å². The molecular formula is C16H19NO4. The minimum Gasteiger partial charge on any atom is -0.507 e. The molecule has 0 fully saturated rings. The largest absolute Gasteiger partial charge is 0.507 e. The van der Waals surface area contributed by atoms with E-state index in [0.29, 0.717) is 34.6 Å². The molecule has 0 unspecified atom stereocenters. The molecule has 2 rings (SSSR count). The molecule has 1 heterocycles. The third-order valence-corrected chi connectivity index (χ3v) is 3.36. The Morgan fingerprint density at radius 2 is 1.81 bits per heavy atom. The van der Waals surface area contributed by atoms with Crippen LogP contribution in [-0.2, 0) is 6.42 Å². The first kappa shape index (κ1) is 15.0. The van der Waals surface area contributed by atoms with E-state index in [2.05, 4.69) is 4.98 Å². The molecule has 0 amide bonds. The van der Waals surface area contributed by atoms with Gasteiger partial charge < -0.3 is 19.6 Å². The number of hydrogen-bond donors (Lipinski definition) is 2. The van der Waals surface area contributed by atoms with E-state index in [1.807, 2.05) is 6.92 Å². The van der Waals surface area contributed by atoms with Crippen LogP contribution in [0.15, 0.2) is 29.2 Å². The van der Waals surface area contributed by atoms with E-state index in [-0.39, 0.29) is 11.3 Å². The average molecular weight is 289 g/mol. The number of benzene rings is 1. The van der Waals surface area contributed by atoms with Crippen LogP contribution in [0.2, 0.25) is 0 Å². The number of ether oxygens (including phenoxy) is 2. The molecule has 21 heavy (non-hydrogen) atoms. The molecule has 5 nitrogen and oxygen atoms in total. The molecule has 0 spiro atoms. The normalized spacial score (nSPS) is 10.4. The number of pyridine rings is 1. The van der Waals surface area contributed by atoms with Crippen LogP contribution in [0.4, 0.5) is 0 Å². The van der Waals surface area contributed by atoms with Crippen molar-refractivity contribution in [3.05, 3.63) is 40.3 Å². The zero-order valence-corrected chi connectivity index (χ0v) is 12.4. The van der Waals surface area contributed by atoms with Crippen molar-refractivity contribution in [2.24, 2.45) is 0 Å². The predicted molar refractivity (Wildman–Crippen MR) is 81.3 cm³/mol. The highest BCUT2D eigenvalue weighted by atomic mass is 16.5. The molecule has 0 radical (unpaired) electrons. The maximum Gasteiger partial charge on any atom is 0.254 e. The molecule has 0 saturated carbocycles. The molecule has 0 atom stereocenters. The van der Waals surface area contributed by atoms with Crippen molar-refractivity contribution in [3.8, 4) is 28.4 Å². The maximum absolute atomic E-state index is 11.8. The van der Waals surface area contributed by atoms with Gasteiger partial charge in [0.05, 0.1) is 25.3 Å². The average Bonchev–Trinajstić information content (AvgIpc) is 2.51. The SMILES string of the molecule is CCCc1c(O)c(-c2c(OC)cccc2OC)c[nH]c1=O. The molecule has 0 aliphatic carbocycles. The molecule has 0 saturated heterocycles. The second kappa shape index (κ2) is 6.35. The van der Waals surface area contributed by atoms with Crippen LogP contribution in [0, 0.1) is 0 Å². The van der Waals surface area contributed by atoms with E-state index in [0.717, 1.165) is 6.42 Å². The lowest BCUT2D eigenvalue weighted by atomic mass is 10.0. The first-order valence-electron chi connectivity index (χ1n) is 6.78. The van der Waals surface area contributed by atoms with Crippen molar-refractivity contribution in [2.45, 2.75) is 19.8 Å². The summed E-state index contributed by atoms with van der Waals surface area (Å²) in [6.07, 6.45) is 2.76. The van der Waals surface area contributed by atoms with Gasteiger partial charge in [-0.1, -0.05) is 19.4 Å². The van der Waals surface area contributed by atoms with Crippen LogP contribution in [0.1, 0.15) is 18.9 Å². The van der Waals surface area contributed by atoms with Crippen molar-refractivity contribution >= 4 is 0 Å². The first-order chi connectivity index (χ1) is 10.1. The van der Waals surface area contributed by atoms with E-state index in [4.69, 9.17) is 9.47 Å². The van der Waals surface area contributed by atoms with Gasteiger partial charge in [-0.2, -0.15) is 0 Å². The number of aromatic nitrogens is 1. The van der Waals surface area contributed by atoms with Crippen LogP contribution in [-0.4, -0.2) is 24.3 Å². The summed E-state index contributed by atoms with van der Waals surface area (Å²) in [5.74, 6) is 1.11. The van der Waals surface area contributed by atoms with Gasteiger partial charge in [0.25, 0.3) is 5.56 Å². The second-order valence-corrected chi connectivity index (χ2v) is 4.65. The Balaban J connectivity index is 2.73. The molecule has 0 aliphatic rings. The Labute approximate surface area is 123 Å². The lowest BCUT2D eigenvalue weighted by Crippen LogP contribution is -2.12. The Bertz CT molecular complexity index is 669. The van der Waals surface area contributed by atoms with Crippen LogP contribution >= 0.6 is 0 Å². The number of hydrogen-bond acceptors (Lipinski definition) is 4. The highest BCUT2D eigenvalue weighted by molar-refractivity contribution is 5.81. The second-order valence-electron chi connectivity index (χ2n) is 4.65. The van der Waals surface area contributed by atoms with Gasteiger partial charge in [0, 0.05) is 11.8 Å². The number of nitrogens with one attached hydrogen (secondary N) is 1. The van der Waals surface area contributed by atoms with Crippen molar-refractivity contribution in [2.75, 3.05) is 14.2 Å². The van der Waals surface area contributed by atoms with Gasteiger partial charge in [-0.05, 0) is 18.6 Å². The summed E-state index contributed by atoms with van der Waals surface area (Å²) < 4.78 is 10.7. The van der Waals surface area contributed by atoms with Crippen LogP contribution in [0.25, 0.3) is 11.1 Å². The topological polar surface area (TPSA) is 71.5 Å². The lowest BCUT2D eigenvalue weighted by Gasteiger charge is -2.15. The summed E-state index contributed by atoms with van der Waals surface area (Å²) in [6.45, 7) is 1.95. The standard InChI is InChI=1S/C16H19NO4/c1-4-6-10-15(18)11(9-17-16(10)19)14-12(20-2)7-5-8-13(14)21-3/h5,7-9H,4,6H2,1-3H3,(H2,17,18,19). The number of rotatable bonds is 5. The Morgan fingerprint density at radius 3 is 2.33 bits per heavy atom. The number of aromatic hydroxyl groups is 1. The summed E-state index contributed by atoms with van der Waals surface area (Å²) in [6, 6.07) is 5.36. The molecule has 5 heteroatoms. The van der Waals surface area contributed by atoms with Gasteiger partial charge in [-0.15, -0.1) is 0 Å². The molecular weight excluding hydrogens is 270 g/mol. The van der Waals surface area contributed by atoms with Crippen LogP contribution in [0.3, 0.4) is 0 Å². The summed E-state index contributed by atoms with van der Waals surface area (Å²) >= 11 is 0. The molecule has 0 bridgehead atoms. The Kier molecular flexibility index (Phi) is 4.52. The third-order valence-electron chi connectivity index (χ3n) is 3.36. The maximum atomic E-state index is 11.8. The number of aromatic amines is 1. The van der Waals surface area contributed by atoms with E-state index < -0.39 is 0 Å². The van der Waals surface area contributed by atoms with E-state index in [9.17, 15) is 9.90 Å². The molecule has 1 aromatic carbocycles. The Hall–Kier alpha value is -2.43. The Morgan fingerprint density at radius 1 is 1.19 bits per heavy atom. The minimum absolute atomic E-state index is 0.0246. The third kappa shape index (κ3) is 2.72. The van der Waals surface area contributed by atoms with Gasteiger partial charge in [-0.25, -0.2) is 0 Å². The van der Waals surface area contributed by atoms with Gasteiger partial charge in [0.2, 0.25) is 0 Å². The van der Waals surface area contributed by atoms with Crippen LogP contribution < -0.4 is 15.0 Å². The quantitative estimate of drug-likeness (QED) is 0.887. The molecule has 1 aromatic heterocycles. The van der Waals surface area contributed by atoms with Crippen molar-refractivity contribution < 1.29 is 14.6 Å². The van der Waals surface area contributed by atoms with Crippen LogP contribution in [0.5, 0.6) is 17.2 Å². The van der Waals surface area contributed by atoms with Gasteiger partial charge in [0.1, 0.15) is 17.2 Å². The van der Waals surface area contributed by atoms with Gasteiger partial charge >= 0.3 is 0 Å². The summed E-state index contributed by atoms with van der Waals surface area (Å²) in [7, 11) is 3.10. The summed E-state index contributed by atoms with van der Waals surface area (Å²) in [5, 5.41) is 10.5.